The van der Waals surface area contributed by atoms with E-state index in [4.69, 9.17) is 0 Å². The van der Waals surface area contributed by atoms with E-state index in [1.807, 2.05) is 53.7 Å². The fourth-order valence-electron chi connectivity index (χ4n) is 2.84. The minimum absolute atomic E-state index is 0.0486. The van der Waals surface area contributed by atoms with E-state index in [-0.39, 0.29) is 11.9 Å². The van der Waals surface area contributed by atoms with E-state index in [0.717, 1.165) is 26.5 Å². The number of thioether (sulfide) groups is 1. The second-order valence-corrected chi connectivity index (χ2v) is 7.88. The molecule has 1 unspecified atom stereocenters. The predicted octanol–water partition coefficient (Wildman–Crippen LogP) is 4.40. The average molecular weight is 462 g/mol. The third-order valence-electron chi connectivity index (χ3n) is 4.00. The van der Waals surface area contributed by atoms with Gasteiger partial charge in [-0.05, 0) is 52.9 Å². The molecule has 4 rings (SSSR count). The van der Waals surface area contributed by atoms with Gasteiger partial charge < -0.3 is 5.32 Å². The molecule has 0 saturated heterocycles. The van der Waals surface area contributed by atoms with Gasteiger partial charge in [0.05, 0.1) is 17.5 Å². The van der Waals surface area contributed by atoms with Crippen LogP contribution >= 0.6 is 34.4 Å². The summed E-state index contributed by atoms with van der Waals surface area (Å²) in [5, 5.41) is 10.0. The number of amides is 1. The van der Waals surface area contributed by atoms with Crippen molar-refractivity contribution >= 4 is 63.0 Å². The summed E-state index contributed by atoms with van der Waals surface area (Å²) in [6.45, 7) is 0. The summed E-state index contributed by atoms with van der Waals surface area (Å²) in [7, 11) is 0. The monoisotopic (exact) mass is 462 g/mol. The lowest BCUT2D eigenvalue weighted by Gasteiger charge is -2.29. The summed E-state index contributed by atoms with van der Waals surface area (Å²) >= 11 is 3.66. The molecule has 0 fully saturated rings. The fraction of sp³-hybridized carbons (Fsp3) is 0.167. The number of halogens is 1. The van der Waals surface area contributed by atoms with Crippen molar-refractivity contribution in [3.63, 3.8) is 0 Å². The molecule has 126 valence electrons. The van der Waals surface area contributed by atoms with Gasteiger partial charge in [-0.25, -0.2) is 10.0 Å². The Morgan fingerprint density at radius 3 is 2.88 bits per heavy atom. The van der Waals surface area contributed by atoms with Crippen LogP contribution < -0.4 is 5.32 Å². The summed E-state index contributed by atoms with van der Waals surface area (Å²) in [6.07, 6.45) is 2.78. The van der Waals surface area contributed by atoms with Crippen LogP contribution in [0.1, 0.15) is 18.0 Å². The number of rotatable bonds is 3. The van der Waals surface area contributed by atoms with Gasteiger partial charge in [0.25, 0.3) is 0 Å². The number of carbonyl (C=O) groups is 1. The number of amidine groups is 1. The number of benzene rings is 2. The van der Waals surface area contributed by atoms with E-state index in [1.165, 1.54) is 17.3 Å². The number of fused-ring (bicyclic) bond motifs is 3. The van der Waals surface area contributed by atoms with Gasteiger partial charge in [0, 0.05) is 27.5 Å². The first kappa shape index (κ1) is 16.6. The molecule has 0 aromatic heterocycles. The Hall–Kier alpha value is -1.87. The zero-order valence-corrected chi connectivity index (χ0v) is 16.2. The molecule has 1 N–H and O–H groups in total. The predicted molar refractivity (Wildman–Crippen MR) is 111 cm³/mol. The van der Waals surface area contributed by atoms with E-state index >= 15 is 0 Å². The van der Waals surface area contributed by atoms with Gasteiger partial charge in [-0.1, -0.05) is 30.0 Å². The third kappa shape index (κ3) is 3.57. The van der Waals surface area contributed by atoms with Crippen molar-refractivity contribution in [3.05, 3.63) is 57.7 Å². The maximum Gasteiger partial charge on any atom is 0.234 e. The molecule has 2 aliphatic rings. The Bertz CT molecular complexity index is 866. The topological polar surface area (TPSA) is 57.1 Å². The van der Waals surface area contributed by atoms with Crippen molar-refractivity contribution in [3.8, 4) is 0 Å². The number of aliphatic imine (C=N–C) groups is 1. The number of anilines is 1. The maximum absolute atomic E-state index is 12.2. The second kappa shape index (κ2) is 7.17. The Morgan fingerprint density at radius 1 is 1.24 bits per heavy atom. The third-order valence-corrected chi connectivity index (χ3v) is 5.66. The lowest BCUT2D eigenvalue weighted by Crippen LogP contribution is -2.29. The molecule has 7 heteroatoms. The van der Waals surface area contributed by atoms with E-state index in [1.54, 1.807) is 0 Å². The standard InChI is InChI=1S/C18H15IN4OS/c19-12-5-7-13(8-6-12)21-17(24)11-25-18-22-15-4-2-1-3-14(15)16-9-10-20-23(16)18/h1-8,10,16H,9,11H2,(H,21,24). The first-order valence-corrected chi connectivity index (χ1v) is 9.94. The summed E-state index contributed by atoms with van der Waals surface area (Å²) in [4.78, 5) is 16.9. The van der Waals surface area contributed by atoms with Gasteiger partial charge in [-0.3, -0.25) is 4.79 Å². The minimum Gasteiger partial charge on any atom is -0.325 e. The molecule has 1 amide bonds. The number of carbonyl (C=O) groups excluding carboxylic acids is 1. The second-order valence-electron chi connectivity index (χ2n) is 5.69. The first-order valence-electron chi connectivity index (χ1n) is 7.88. The Balaban J connectivity index is 1.45. The number of hydrogen-bond acceptors (Lipinski definition) is 5. The summed E-state index contributed by atoms with van der Waals surface area (Å²) in [5.41, 5.74) is 2.96. The van der Waals surface area contributed by atoms with Crippen LogP contribution in [0.15, 0.2) is 58.6 Å². The van der Waals surface area contributed by atoms with E-state index in [0.29, 0.717) is 5.75 Å². The van der Waals surface area contributed by atoms with Crippen molar-refractivity contribution in [2.24, 2.45) is 10.1 Å². The fourth-order valence-corrected chi connectivity index (χ4v) is 4.00. The number of hydrazone groups is 1. The number of para-hydroxylation sites is 1. The highest BCUT2D eigenvalue weighted by atomic mass is 127. The van der Waals surface area contributed by atoms with Gasteiger partial charge in [0.15, 0.2) is 5.17 Å². The molecule has 0 aliphatic carbocycles. The molecule has 2 aromatic carbocycles. The van der Waals surface area contributed by atoms with Crippen LogP contribution in [0.5, 0.6) is 0 Å². The number of nitrogens with one attached hydrogen (secondary N) is 1. The highest BCUT2D eigenvalue weighted by Gasteiger charge is 2.32. The van der Waals surface area contributed by atoms with Crippen LogP contribution in [0.4, 0.5) is 11.4 Å². The largest absolute Gasteiger partial charge is 0.325 e. The molecule has 25 heavy (non-hydrogen) atoms. The Labute approximate surface area is 163 Å². The van der Waals surface area contributed by atoms with E-state index in [2.05, 4.69) is 44.1 Å². The van der Waals surface area contributed by atoms with Gasteiger partial charge in [-0.2, -0.15) is 5.10 Å². The van der Waals surface area contributed by atoms with Crippen LogP contribution in [0, 0.1) is 3.57 Å². The zero-order valence-electron chi connectivity index (χ0n) is 13.2. The Morgan fingerprint density at radius 2 is 2.04 bits per heavy atom. The van der Waals surface area contributed by atoms with E-state index < -0.39 is 0 Å². The van der Waals surface area contributed by atoms with Crippen LogP contribution in [-0.2, 0) is 4.79 Å². The van der Waals surface area contributed by atoms with Crippen LogP contribution in [-0.4, -0.2) is 28.1 Å². The smallest absolute Gasteiger partial charge is 0.234 e. The molecule has 0 bridgehead atoms. The zero-order chi connectivity index (χ0) is 17.2. The molecule has 2 aliphatic heterocycles. The summed E-state index contributed by atoms with van der Waals surface area (Å²) < 4.78 is 1.14. The van der Waals surface area contributed by atoms with Gasteiger partial charge in [-0.15, -0.1) is 0 Å². The normalized spacial score (nSPS) is 17.7. The average Bonchev–Trinajstić information content (AvgIpc) is 3.12. The Kier molecular flexibility index (Phi) is 4.76. The molecule has 0 saturated carbocycles. The number of nitrogens with zero attached hydrogens (tertiary/aromatic N) is 3. The molecule has 0 radical (unpaired) electrons. The summed E-state index contributed by atoms with van der Waals surface area (Å²) in [5.74, 6) is 0.249. The van der Waals surface area contributed by atoms with E-state index in [9.17, 15) is 4.79 Å². The quantitative estimate of drug-likeness (QED) is 0.689. The lowest BCUT2D eigenvalue weighted by molar-refractivity contribution is -0.113. The van der Waals surface area contributed by atoms with Gasteiger partial charge in [0.1, 0.15) is 0 Å². The highest BCUT2D eigenvalue weighted by Crippen LogP contribution is 2.40. The SMILES string of the molecule is O=C(CSC1=Nc2ccccc2C2CC=NN12)Nc1ccc(I)cc1. The van der Waals surface area contributed by atoms with Crippen LogP contribution in [0.2, 0.25) is 0 Å². The molecular weight excluding hydrogens is 447 g/mol. The molecule has 5 nitrogen and oxygen atoms in total. The van der Waals surface area contributed by atoms with Gasteiger partial charge >= 0.3 is 0 Å². The maximum atomic E-state index is 12.2. The molecule has 1 atom stereocenters. The number of hydrogen-bond donors (Lipinski definition) is 1. The highest BCUT2D eigenvalue weighted by molar-refractivity contribution is 14.1. The molecule has 2 aromatic rings. The van der Waals surface area contributed by atoms with Gasteiger partial charge in [0.2, 0.25) is 5.91 Å². The van der Waals surface area contributed by atoms with Crippen molar-refractivity contribution < 1.29 is 4.79 Å². The molecule has 2 heterocycles. The van der Waals surface area contributed by atoms with Crippen LogP contribution in [0.25, 0.3) is 0 Å². The lowest BCUT2D eigenvalue weighted by atomic mass is 10.0. The first-order chi connectivity index (χ1) is 12.2. The van der Waals surface area contributed by atoms with Crippen molar-refractivity contribution in [1.29, 1.82) is 0 Å². The minimum atomic E-state index is -0.0486. The molecular formula is C18H15IN4OS. The van der Waals surface area contributed by atoms with Crippen LogP contribution in [0.3, 0.4) is 0 Å². The van der Waals surface area contributed by atoms with Crippen molar-refractivity contribution in [2.45, 2.75) is 12.5 Å². The summed E-state index contributed by atoms with van der Waals surface area (Å²) in [6, 6.07) is 16.0. The van der Waals surface area contributed by atoms with Crippen molar-refractivity contribution in [2.75, 3.05) is 11.1 Å². The van der Waals surface area contributed by atoms with Crippen molar-refractivity contribution in [1.82, 2.24) is 5.01 Å². The molecule has 0 spiro atoms.